The molecule has 7 aromatic carbocycles. The zero-order valence-electron chi connectivity index (χ0n) is 29.5. The van der Waals surface area contributed by atoms with Crippen molar-refractivity contribution in [1.29, 1.82) is 0 Å². The Labute approximate surface area is 311 Å². The molecular formula is C48H31N3O3. The molecule has 2 aliphatic rings. The number of furan rings is 1. The molecule has 0 radical (unpaired) electrons. The summed E-state index contributed by atoms with van der Waals surface area (Å²) >= 11 is 0. The number of benzene rings is 7. The molecule has 0 N–H and O–H groups in total. The first kappa shape index (κ1) is 30.6. The second-order valence-corrected chi connectivity index (χ2v) is 14.3. The Morgan fingerprint density at radius 3 is 1.96 bits per heavy atom. The summed E-state index contributed by atoms with van der Waals surface area (Å²) in [5, 5.41) is 2.12. The van der Waals surface area contributed by atoms with E-state index in [1.807, 2.05) is 84.9 Å². The number of ether oxygens (including phenoxy) is 2. The fraction of sp³-hybridized carbons (Fsp3) is 0.0625. The van der Waals surface area contributed by atoms with Crippen LogP contribution in [0.4, 0.5) is 0 Å². The van der Waals surface area contributed by atoms with Crippen LogP contribution in [-0.2, 0) is 5.41 Å². The van der Waals surface area contributed by atoms with E-state index in [1.165, 1.54) is 16.7 Å². The van der Waals surface area contributed by atoms with E-state index in [1.54, 1.807) is 0 Å². The Morgan fingerprint density at radius 2 is 1.09 bits per heavy atom. The van der Waals surface area contributed by atoms with Crippen LogP contribution in [0.15, 0.2) is 156 Å². The maximum Gasteiger partial charge on any atom is 0.178 e. The van der Waals surface area contributed by atoms with Crippen LogP contribution in [0.25, 0.3) is 78.4 Å². The Balaban J connectivity index is 1.07. The van der Waals surface area contributed by atoms with E-state index >= 15 is 0 Å². The van der Waals surface area contributed by atoms with E-state index in [-0.39, 0.29) is 5.41 Å². The van der Waals surface area contributed by atoms with Gasteiger partial charge in [-0.3, -0.25) is 0 Å². The number of aromatic nitrogens is 3. The number of hydrogen-bond acceptors (Lipinski definition) is 6. The third kappa shape index (κ3) is 4.56. The molecule has 9 aromatic rings. The van der Waals surface area contributed by atoms with Gasteiger partial charge >= 0.3 is 0 Å². The van der Waals surface area contributed by atoms with E-state index in [4.69, 9.17) is 28.8 Å². The minimum Gasteiger partial charge on any atom is -0.456 e. The largest absolute Gasteiger partial charge is 0.456 e. The van der Waals surface area contributed by atoms with E-state index in [0.29, 0.717) is 34.7 Å². The van der Waals surface area contributed by atoms with Crippen molar-refractivity contribution < 1.29 is 13.9 Å². The van der Waals surface area contributed by atoms with Crippen molar-refractivity contribution in [3.63, 3.8) is 0 Å². The number of rotatable bonds is 4. The van der Waals surface area contributed by atoms with Gasteiger partial charge in [-0.05, 0) is 52.6 Å². The van der Waals surface area contributed by atoms with Crippen molar-refractivity contribution in [2.45, 2.75) is 19.3 Å². The lowest BCUT2D eigenvalue weighted by Gasteiger charge is -2.26. The molecule has 1 aliphatic heterocycles. The minimum atomic E-state index is -0.168. The lowest BCUT2D eigenvalue weighted by Crippen LogP contribution is -2.15. The summed E-state index contributed by atoms with van der Waals surface area (Å²) in [6, 6.07) is 51.3. The smallest absolute Gasteiger partial charge is 0.178 e. The topological polar surface area (TPSA) is 70.3 Å². The summed E-state index contributed by atoms with van der Waals surface area (Å²) < 4.78 is 19.9. The van der Waals surface area contributed by atoms with Crippen LogP contribution >= 0.6 is 0 Å². The normalized spacial score (nSPS) is 13.4. The molecule has 0 fully saturated rings. The molecule has 54 heavy (non-hydrogen) atoms. The highest BCUT2D eigenvalue weighted by molar-refractivity contribution is 6.05. The Morgan fingerprint density at radius 1 is 0.426 bits per heavy atom. The second kappa shape index (κ2) is 11.5. The third-order valence-corrected chi connectivity index (χ3v) is 10.8. The van der Waals surface area contributed by atoms with Gasteiger partial charge in [0.1, 0.15) is 11.2 Å². The van der Waals surface area contributed by atoms with Gasteiger partial charge in [-0.15, -0.1) is 0 Å². The van der Waals surface area contributed by atoms with Gasteiger partial charge in [0, 0.05) is 44.0 Å². The molecule has 11 rings (SSSR count). The SMILES string of the molecule is CC1(C)c2ccccc2-c2c1ccc1c2Oc2c(cccc2-c2ccccc2-c2nc(-c3ccccc3)nc(-c3ccc4c(c3)oc3ccccc34)n2)O1. The predicted octanol–water partition coefficient (Wildman–Crippen LogP) is 12.6. The lowest BCUT2D eigenvalue weighted by atomic mass is 9.82. The van der Waals surface area contributed by atoms with Crippen LogP contribution in [0, 0.1) is 0 Å². The number of para-hydroxylation sites is 2. The molecule has 0 bridgehead atoms. The van der Waals surface area contributed by atoms with Crippen LogP contribution in [-0.4, -0.2) is 15.0 Å². The molecule has 6 nitrogen and oxygen atoms in total. The van der Waals surface area contributed by atoms with Crippen LogP contribution in [0.3, 0.4) is 0 Å². The average molecular weight is 698 g/mol. The molecule has 0 amide bonds. The average Bonchev–Trinajstić information content (AvgIpc) is 3.71. The first-order chi connectivity index (χ1) is 26.5. The molecule has 0 spiro atoms. The predicted molar refractivity (Wildman–Crippen MR) is 213 cm³/mol. The highest BCUT2D eigenvalue weighted by Gasteiger charge is 2.40. The molecule has 3 heterocycles. The summed E-state index contributed by atoms with van der Waals surface area (Å²) in [5.41, 5.74) is 10.6. The Bertz CT molecular complexity index is 2980. The monoisotopic (exact) mass is 697 g/mol. The van der Waals surface area contributed by atoms with Crippen molar-refractivity contribution in [1.82, 2.24) is 15.0 Å². The lowest BCUT2D eigenvalue weighted by molar-refractivity contribution is 0.361. The third-order valence-electron chi connectivity index (χ3n) is 10.8. The highest BCUT2D eigenvalue weighted by Crippen LogP contribution is 2.59. The zero-order valence-corrected chi connectivity index (χ0v) is 29.5. The summed E-state index contributed by atoms with van der Waals surface area (Å²) in [5.74, 6) is 4.42. The molecule has 0 unspecified atom stereocenters. The fourth-order valence-electron chi connectivity index (χ4n) is 8.18. The van der Waals surface area contributed by atoms with Crippen molar-refractivity contribution in [2.24, 2.45) is 0 Å². The number of hydrogen-bond donors (Lipinski definition) is 0. The molecule has 0 saturated heterocycles. The van der Waals surface area contributed by atoms with Gasteiger partial charge in [-0.2, -0.15) is 0 Å². The molecule has 2 aromatic heterocycles. The quantitative estimate of drug-likeness (QED) is 0.182. The van der Waals surface area contributed by atoms with Crippen molar-refractivity contribution >= 4 is 21.9 Å². The fourth-order valence-corrected chi connectivity index (χ4v) is 8.18. The van der Waals surface area contributed by atoms with Gasteiger partial charge in [0.2, 0.25) is 0 Å². The maximum atomic E-state index is 7.01. The number of nitrogens with zero attached hydrogens (tertiary/aromatic N) is 3. The summed E-state index contributed by atoms with van der Waals surface area (Å²) in [6.45, 7) is 4.54. The van der Waals surface area contributed by atoms with Crippen LogP contribution in [0.5, 0.6) is 23.0 Å². The molecular weight excluding hydrogens is 667 g/mol. The second-order valence-electron chi connectivity index (χ2n) is 14.3. The Kier molecular flexibility index (Phi) is 6.49. The first-order valence-corrected chi connectivity index (χ1v) is 18.1. The molecule has 0 saturated carbocycles. The van der Waals surface area contributed by atoms with Crippen LogP contribution in [0.2, 0.25) is 0 Å². The highest BCUT2D eigenvalue weighted by atomic mass is 16.6. The van der Waals surface area contributed by atoms with Crippen LogP contribution < -0.4 is 9.47 Å². The van der Waals surface area contributed by atoms with Gasteiger partial charge < -0.3 is 13.9 Å². The molecule has 1 aliphatic carbocycles. The Hall–Kier alpha value is -7.05. The van der Waals surface area contributed by atoms with Gasteiger partial charge in [0.05, 0.1) is 0 Å². The van der Waals surface area contributed by atoms with Crippen molar-refractivity contribution in [3.8, 4) is 79.4 Å². The van der Waals surface area contributed by atoms with Gasteiger partial charge in [-0.25, -0.2) is 15.0 Å². The van der Waals surface area contributed by atoms with Crippen molar-refractivity contribution in [3.05, 3.63) is 163 Å². The van der Waals surface area contributed by atoms with E-state index < -0.39 is 0 Å². The molecule has 6 heteroatoms. The van der Waals surface area contributed by atoms with Crippen LogP contribution in [0.1, 0.15) is 25.0 Å². The zero-order chi connectivity index (χ0) is 36.0. The molecule has 256 valence electrons. The van der Waals surface area contributed by atoms with Crippen molar-refractivity contribution in [2.75, 3.05) is 0 Å². The summed E-state index contributed by atoms with van der Waals surface area (Å²) in [4.78, 5) is 15.3. The van der Waals surface area contributed by atoms with E-state index in [2.05, 4.69) is 80.6 Å². The van der Waals surface area contributed by atoms with Gasteiger partial charge in [0.15, 0.2) is 40.5 Å². The van der Waals surface area contributed by atoms with Gasteiger partial charge in [0.25, 0.3) is 0 Å². The number of fused-ring (bicyclic) bond motifs is 9. The first-order valence-electron chi connectivity index (χ1n) is 18.1. The summed E-state index contributed by atoms with van der Waals surface area (Å²) in [6.07, 6.45) is 0. The molecule has 0 atom stereocenters. The van der Waals surface area contributed by atoms with E-state index in [9.17, 15) is 0 Å². The standard InChI is InChI=1S/C48H31N3O3/c1-48(2)36-20-10-8-18-35(36)42-37(48)25-26-40-44(42)54-43-33(19-12-22-39(43)53-40)30-15-6-7-17-34(30)47-50-45(28-13-4-3-5-14-28)49-46(51-47)29-23-24-32-31-16-9-11-21-38(31)52-41(32)27-29/h3-27H,1-2H3. The summed E-state index contributed by atoms with van der Waals surface area (Å²) in [7, 11) is 0. The minimum absolute atomic E-state index is 0.168. The maximum absolute atomic E-state index is 7.01. The van der Waals surface area contributed by atoms with E-state index in [0.717, 1.165) is 61.1 Å². The van der Waals surface area contributed by atoms with Gasteiger partial charge in [-0.1, -0.05) is 135 Å².